The van der Waals surface area contributed by atoms with E-state index in [2.05, 4.69) is 31.7 Å². The van der Waals surface area contributed by atoms with Crippen LogP contribution in [0.4, 0.5) is 4.79 Å². The van der Waals surface area contributed by atoms with E-state index in [-0.39, 0.29) is 12.5 Å². The number of nitrogens with one attached hydrogen (secondary N) is 1. The summed E-state index contributed by atoms with van der Waals surface area (Å²) in [5.74, 6) is -0.373. The molecule has 1 aromatic heterocycles. The first-order valence-electron chi connectivity index (χ1n) is 3.55. The Labute approximate surface area is 87.5 Å². The lowest BCUT2D eigenvalue weighted by Crippen LogP contribution is -2.29. The minimum atomic E-state index is -0.953. The second-order valence-electron chi connectivity index (χ2n) is 2.22. The van der Waals surface area contributed by atoms with Gasteiger partial charge in [0.05, 0.1) is 0 Å². The number of furan rings is 1. The molecule has 0 bridgehead atoms. The predicted octanol–water partition coefficient (Wildman–Crippen LogP) is 0.825. The average molecular weight is 263 g/mol. The quantitative estimate of drug-likeness (QED) is 0.789. The molecular weight excluding hydrogens is 256 g/mol. The van der Waals surface area contributed by atoms with Gasteiger partial charge in [0.2, 0.25) is 0 Å². The van der Waals surface area contributed by atoms with Crippen LogP contribution >= 0.6 is 15.9 Å². The molecule has 6 nitrogen and oxygen atoms in total. The lowest BCUT2D eigenvalue weighted by Gasteiger charge is -2.01. The Balaban J connectivity index is 2.39. The Bertz CT molecular complexity index is 349. The molecule has 0 aliphatic carbocycles. The summed E-state index contributed by atoms with van der Waals surface area (Å²) in [6.45, 7) is -0.285. The Kier molecular flexibility index (Phi) is 3.52. The van der Waals surface area contributed by atoms with Crippen LogP contribution in [0.5, 0.6) is 0 Å². The number of hydrogen-bond donors (Lipinski definition) is 2. The fourth-order valence-corrected chi connectivity index (χ4v) is 1.00. The third-order valence-corrected chi connectivity index (χ3v) is 1.67. The fraction of sp³-hybridized carbons (Fsp3) is 0.143. The van der Waals surface area contributed by atoms with Crippen LogP contribution in [0.1, 0.15) is 10.6 Å². The summed E-state index contributed by atoms with van der Waals surface area (Å²) < 4.78 is 9.67. The number of ether oxygens (including phenoxy) is 1. The highest BCUT2D eigenvalue weighted by molar-refractivity contribution is 9.10. The lowest BCUT2D eigenvalue weighted by molar-refractivity contribution is 0.0856. The maximum absolute atomic E-state index is 11.2. The highest BCUT2D eigenvalue weighted by Gasteiger charge is 2.09. The molecule has 0 fully saturated rings. The maximum Gasteiger partial charge on any atom is 0.406 e. The molecule has 7 heteroatoms. The largest absolute Gasteiger partial charge is 0.444 e. The molecular formula is C7H7BrN2O4. The smallest absolute Gasteiger partial charge is 0.406 e. The molecule has 0 radical (unpaired) electrons. The molecule has 76 valence electrons. The summed E-state index contributed by atoms with van der Waals surface area (Å²) in [7, 11) is 0. The molecule has 0 saturated carbocycles. The van der Waals surface area contributed by atoms with Gasteiger partial charge in [0.25, 0.3) is 5.91 Å². The van der Waals surface area contributed by atoms with Crippen LogP contribution in [0.3, 0.4) is 0 Å². The third-order valence-electron chi connectivity index (χ3n) is 1.24. The summed E-state index contributed by atoms with van der Waals surface area (Å²) >= 11 is 3.04. The summed E-state index contributed by atoms with van der Waals surface area (Å²) in [4.78, 5) is 21.3. The van der Waals surface area contributed by atoms with Gasteiger partial charge >= 0.3 is 6.09 Å². The standard InChI is InChI=1S/C7H7BrN2O4/c8-5-2-1-4(14-5)6(11)10-3-13-7(9)12/h1-2H,3H2,(H2,9,12)(H,10,11). The Morgan fingerprint density at radius 3 is 2.79 bits per heavy atom. The first-order chi connectivity index (χ1) is 6.59. The average Bonchev–Trinajstić information content (AvgIpc) is 2.51. The van der Waals surface area contributed by atoms with Gasteiger partial charge in [-0.25, -0.2) is 4.79 Å². The van der Waals surface area contributed by atoms with Crippen molar-refractivity contribution in [2.24, 2.45) is 5.73 Å². The normalized spacial score (nSPS) is 9.50. The van der Waals surface area contributed by atoms with E-state index in [1.165, 1.54) is 6.07 Å². The second kappa shape index (κ2) is 4.66. The number of halogens is 1. The molecule has 0 saturated heterocycles. The van der Waals surface area contributed by atoms with Crippen molar-refractivity contribution >= 4 is 27.9 Å². The number of nitrogens with two attached hydrogens (primary N) is 1. The highest BCUT2D eigenvalue weighted by Crippen LogP contribution is 2.13. The van der Waals surface area contributed by atoms with Crippen LogP contribution in [0, 0.1) is 0 Å². The van der Waals surface area contributed by atoms with Crippen LogP contribution in [-0.2, 0) is 4.74 Å². The van der Waals surface area contributed by atoms with Crippen molar-refractivity contribution in [3.8, 4) is 0 Å². The van der Waals surface area contributed by atoms with Crippen molar-refractivity contribution < 1.29 is 18.7 Å². The SMILES string of the molecule is NC(=O)OCNC(=O)c1ccc(Br)o1. The van der Waals surface area contributed by atoms with E-state index in [1.807, 2.05) is 0 Å². The van der Waals surface area contributed by atoms with Gasteiger partial charge in [0, 0.05) is 0 Å². The molecule has 0 aliphatic rings. The van der Waals surface area contributed by atoms with E-state index in [1.54, 1.807) is 6.07 Å². The zero-order valence-corrected chi connectivity index (χ0v) is 8.54. The van der Waals surface area contributed by atoms with E-state index >= 15 is 0 Å². The van der Waals surface area contributed by atoms with Crippen molar-refractivity contribution in [2.75, 3.05) is 6.73 Å². The summed E-state index contributed by atoms with van der Waals surface area (Å²) in [5.41, 5.74) is 4.68. The fourth-order valence-electron chi connectivity index (χ4n) is 0.696. The molecule has 1 aromatic rings. The molecule has 1 rings (SSSR count). The third kappa shape index (κ3) is 3.09. The molecule has 1 heterocycles. The zero-order valence-electron chi connectivity index (χ0n) is 6.95. The maximum atomic E-state index is 11.2. The Morgan fingerprint density at radius 2 is 2.29 bits per heavy atom. The van der Waals surface area contributed by atoms with Gasteiger partial charge in [0.1, 0.15) is 0 Å². The van der Waals surface area contributed by atoms with Crippen LogP contribution < -0.4 is 11.1 Å². The van der Waals surface area contributed by atoms with E-state index in [4.69, 9.17) is 4.42 Å². The van der Waals surface area contributed by atoms with Crippen molar-refractivity contribution in [1.29, 1.82) is 0 Å². The molecule has 0 atom stereocenters. The van der Waals surface area contributed by atoms with Gasteiger partial charge in [-0.15, -0.1) is 0 Å². The van der Waals surface area contributed by atoms with Crippen LogP contribution in [0.25, 0.3) is 0 Å². The van der Waals surface area contributed by atoms with E-state index < -0.39 is 12.0 Å². The number of carbonyl (C=O) groups excluding carboxylic acids is 2. The van der Waals surface area contributed by atoms with Crippen molar-refractivity contribution in [3.63, 3.8) is 0 Å². The Morgan fingerprint density at radius 1 is 1.57 bits per heavy atom. The molecule has 0 unspecified atom stereocenters. The highest BCUT2D eigenvalue weighted by atomic mass is 79.9. The molecule has 14 heavy (non-hydrogen) atoms. The van der Waals surface area contributed by atoms with Crippen LogP contribution in [0.15, 0.2) is 21.2 Å². The monoisotopic (exact) mass is 262 g/mol. The van der Waals surface area contributed by atoms with Crippen LogP contribution in [-0.4, -0.2) is 18.7 Å². The topological polar surface area (TPSA) is 94.6 Å². The second-order valence-corrected chi connectivity index (χ2v) is 3.00. The summed E-state index contributed by atoms with van der Waals surface area (Å²) in [6.07, 6.45) is -0.953. The molecule has 0 aliphatic heterocycles. The van der Waals surface area contributed by atoms with Gasteiger partial charge in [0.15, 0.2) is 17.2 Å². The number of amides is 2. The lowest BCUT2D eigenvalue weighted by atomic mass is 10.4. The minimum Gasteiger partial charge on any atom is -0.444 e. The molecule has 0 spiro atoms. The van der Waals surface area contributed by atoms with Crippen LogP contribution in [0.2, 0.25) is 0 Å². The van der Waals surface area contributed by atoms with Gasteiger partial charge in [-0.05, 0) is 28.1 Å². The van der Waals surface area contributed by atoms with E-state index in [9.17, 15) is 9.59 Å². The van der Waals surface area contributed by atoms with Crippen molar-refractivity contribution in [2.45, 2.75) is 0 Å². The van der Waals surface area contributed by atoms with Gasteiger partial charge in [-0.3, -0.25) is 4.79 Å². The van der Waals surface area contributed by atoms with Gasteiger partial charge in [-0.2, -0.15) is 0 Å². The first kappa shape index (κ1) is 10.6. The van der Waals surface area contributed by atoms with Gasteiger partial charge in [-0.1, -0.05) is 0 Å². The first-order valence-corrected chi connectivity index (χ1v) is 4.34. The summed E-state index contributed by atoms with van der Waals surface area (Å²) in [5, 5.41) is 2.27. The Hall–Kier alpha value is -1.50. The van der Waals surface area contributed by atoms with Gasteiger partial charge < -0.3 is 20.2 Å². The number of carbonyl (C=O) groups is 2. The molecule has 2 amide bonds. The number of rotatable bonds is 3. The summed E-state index contributed by atoms with van der Waals surface area (Å²) in [6, 6.07) is 3.05. The van der Waals surface area contributed by atoms with Crippen molar-refractivity contribution in [3.05, 3.63) is 22.6 Å². The number of hydrogen-bond acceptors (Lipinski definition) is 4. The molecule has 3 N–H and O–H groups in total. The minimum absolute atomic E-state index is 0.116. The van der Waals surface area contributed by atoms with E-state index in [0.29, 0.717) is 4.67 Å². The zero-order chi connectivity index (χ0) is 10.6. The van der Waals surface area contributed by atoms with Crippen molar-refractivity contribution in [1.82, 2.24) is 5.32 Å². The molecule has 0 aromatic carbocycles. The van der Waals surface area contributed by atoms with E-state index in [0.717, 1.165) is 0 Å². The predicted molar refractivity (Wildman–Crippen MR) is 49.4 cm³/mol. The number of primary amides is 1.